The van der Waals surface area contributed by atoms with Gasteiger partial charge in [-0.25, -0.2) is 4.98 Å². The third-order valence-corrected chi connectivity index (χ3v) is 5.22. The van der Waals surface area contributed by atoms with E-state index < -0.39 is 0 Å². The molecule has 2 aromatic rings. The molecule has 0 radical (unpaired) electrons. The largest absolute Gasteiger partial charge is 0.439 e. The zero-order valence-corrected chi connectivity index (χ0v) is 16.7. The van der Waals surface area contributed by atoms with Crippen molar-refractivity contribution in [1.82, 2.24) is 15.3 Å². The first kappa shape index (κ1) is 19.9. The van der Waals surface area contributed by atoms with Crippen molar-refractivity contribution in [2.24, 2.45) is 0 Å². The number of nitrogens with zero attached hydrogens (tertiary/aromatic N) is 3. The maximum Gasteiger partial charge on any atom is 0.228 e. The fourth-order valence-corrected chi connectivity index (χ4v) is 3.64. The first-order valence-electron chi connectivity index (χ1n) is 9.32. The van der Waals surface area contributed by atoms with Crippen LogP contribution in [-0.2, 0) is 4.74 Å². The van der Waals surface area contributed by atoms with Crippen LogP contribution < -0.4 is 15.0 Å². The number of benzene rings is 1. The molecule has 1 spiro atoms. The number of rotatable bonds is 3. The molecule has 1 N–H and O–H groups in total. The Morgan fingerprint density at radius 1 is 1.15 bits per heavy atom. The van der Waals surface area contributed by atoms with Gasteiger partial charge in [0.1, 0.15) is 5.75 Å². The molecule has 0 bridgehead atoms. The van der Waals surface area contributed by atoms with E-state index in [0.717, 1.165) is 68.6 Å². The third kappa shape index (κ3) is 4.51. The van der Waals surface area contributed by atoms with E-state index in [0.29, 0.717) is 5.88 Å². The number of hydrogen-bond donors (Lipinski definition) is 1. The van der Waals surface area contributed by atoms with Crippen molar-refractivity contribution in [1.29, 1.82) is 0 Å². The maximum absolute atomic E-state index is 6.08. The highest BCUT2D eigenvalue weighted by atomic mass is 35.5. The lowest BCUT2D eigenvalue weighted by Gasteiger charge is -2.44. The molecule has 0 saturated carbocycles. The van der Waals surface area contributed by atoms with E-state index in [4.69, 9.17) is 9.47 Å². The fourth-order valence-electron chi connectivity index (χ4n) is 3.64. The van der Waals surface area contributed by atoms with Crippen molar-refractivity contribution in [2.45, 2.75) is 32.3 Å². The molecule has 7 heteroatoms. The molecule has 0 atom stereocenters. The topological polar surface area (TPSA) is 59.5 Å². The quantitative estimate of drug-likeness (QED) is 0.868. The fraction of sp³-hybridized carbons (Fsp3) is 0.500. The van der Waals surface area contributed by atoms with Crippen molar-refractivity contribution in [2.75, 3.05) is 37.7 Å². The highest BCUT2D eigenvalue weighted by molar-refractivity contribution is 5.85. The Hall–Kier alpha value is -1.89. The predicted molar refractivity (Wildman–Crippen MR) is 108 cm³/mol. The highest BCUT2D eigenvalue weighted by Crippen LogP contribution is 2.30. The van der Waals surface area contributed by atoms with Crippen LogP contribution >= 0.6 is 12.4 Å². The van der Waals surface area contributed by atoms with Gasteiger partial charge in [-0.2, -0.15) is 4.98 Å². The molecule has 3 heterocycles. The summed E-state index contributed by atoms with van der Waals surface area (Å²) in [5.74, 6) is 2.17. The molecule has 6 nitrogen and oxygen atoms in total. The van der Waals surface area contributed by atoms with Crippen molar-refractivity contribution >= 4 is 18.4 Å². The molecule has 4 rings (SSSR count). The molecule has 2 aliphatic heterocycles. The van der Waals surface area contributed by atoms with Gasteiger partial charge in [-0.05, 0) is 38.3 Å². The molecule has 146 valence electrons. The molecule has 0 aliphatic carbocycles. The summed E-state index contributed by atoms with van der Waals surface area (Å²) in [6, 6.07) is 9.86. The number of halogens is 1. The highest BCUT2D eigenvalue weighted by Gasteiger charge is 2.37. The second-order valence-corrected chi connectivity index (χ2v) is 7.21. The molecular formula is C20H27ClN4O2. The van der Waals surface area contributed by atoms with E-state index in [1.165, 1.54) is 0 Å². The number of morpholine rings is 1. The number of nitrogens with one attached hydrogen (secondary N) is 1. The second-order valence-electron chi connectivity index (χ2n) is 7.21. The van der Waals surface area contributed by atoms with E-state index in [9.17, 15) is 0 Å². The molecule has 2 saturated heterocycles. The lowest BCUT2D eigenvalue weighted by atomic mass is 9.90. The molecule has 2 fully saturated rings. The number of piperidine rings is 1. The molecule has 27 heavy (non-hydrogen) atoms. The first-order valence-corrected chi connectivity index (χ1v) is 9.32. The Bertz CT molecular complexity index is 770. The number of aryl methyl sites for hydroxylation is 2. The average Bonchev–Trinajstić information content (AvgIpc) is 2.64. The Labute approximate surface area is 166 Å². The Kier molecular flexibility index (Phi) is 6.19. The van der Waals surface area contributed by atoms with Crippen LogP contribution in [0.3, 0.4) is 0 Å². The zero-order valence-electron chi connectivity index (χ0n) is 15.9. The number of ether oxygens (including phenoxy) is 2. The van der Waals surface area contributed by atoms with Crippen LogP contribution in [-0.4, -0.2) is 48.4 Å². The summed E-state index contributed by atoms with van der Waals surface area (Å²) >= 11 is 0. The number of aromatic nitrogens is 2. The number of anilines is 1. The van der Waals surface area contributed by atoms with Crippen molar-refractivity contribution in [3.63, 3.8) is 0 Å². The minimum atomic E-state index is -0.0148. The maximum atomic E-state index is 6.08. The van der Waals surface area contributed by atoms with Gasteiger partial charge < -0.3 is 19.7 Å². The summed E-state index contributed by atoms with van der Waals surface area (Å²) in [4.78, 5) is 11.5. The normalized spacial score (nSPS) is 18.8. The molecular weight excluding hydrogens is 364 g/mol. The minimum Gasteiger partial charge on any atom is -0.439 e. The number of hydrogen-bond acceptors (Lipinski definition) is 6. The summed E-state index contributed by atoms with van der Waals surface area (Å²) in [5.41, 5.74) is 1.99. The van der Waals surface area contributed by atoms with E-state index >= 15 is 0 Å². The van der Waals surface area contributed by atoms with E-state index in [-0.39, 0.29) is 18.0 Å². The van der Waals surface area contributed by atoms with Crippen LogP contribution in [0.25, 0.3) is 0 Å². The predicted octanol–water partition coefficient (Wildman–Crippen LogP) is 3.27. The van der Waals surface area contributed by atoms with Crippen LogP contribution in [0.2, 0.25) is 0 Å². The summed E-state index contributed by atoms with van der Waals surface area (Å²) in [6.07, 6.45) is 1.98. The van der Waals surface area contributed by atoms with Gasteiger partial charge in [0.2, 0.25) is 11.8 Å². The smallest absolute Gasteiger partial charge is 0.228 e. The van der Waals surface area contributed by atoms with E-state index in [2.05, 4.69) is 20.2 Å². The Morgan fingerprint density at radius 2 is 1.93 bits per heavy atom. The summed E-state index contributed by atoms with van der Waals surface area (Å²) in [7, 11) is 0. The van der Waals surface area contributed by atoms with E-state index in [1.807, 2.05) is 44.2 Å². The summed E-state index contributed by atoms with van der Waals surface area (Å²) in [6.45, 7) is 8.50. The Morgan fingerprint density at radius 3 is 2.63 bits per heavy atom. The molecule has 1 aromatic carbocycles. The van der Waals surface area contributed by atoms with Gasteiger partial charge in [-0.1, -0.05) is 18.2 Å². The van der Waals surface area contributed by atoms with Gasteiger partial charge in [0, 0.05) is 37.9 Å². The summed E-state index contributed by atoms with van der Waals surface area (Å²) in [5, 5.41) is 3.46. The monoisotopic (exact) mass is 390 g/mol. The van der Waals surface area contributed by atoms with Gasteiger partial charge in [0.05, 0.1) is 12.2 Å². The SMILES string of the molecule is Cc1cc(Oc2ccccc2C)nc(N2CCC3(CC2)CNCCO3)n1.Cl. The zero-order chi connectivity index (χ0) is 18.0. The molecule has 0 unspecified atom stereocenters. The average molecular weight is 391 g/mol. The van der Waals surface area contributed by atoms with Crippen LogP contribution in [0.15, 0.2) is 30.3 Å². The second kappa shape index (κ2) is 8.42. The lowest BCUT2D eigenvalue weighted by Crippen LogP contribution is -2.55. The third-order valence-electron chi connectivity index (χ3n) is 5.22. The van der Waals surface area contributed by atoms with Crippen molar-refractivity contribution in [3.8, 4) is 11.6 Å². The Balaban J connectivity index is 0.00000210. The van der Waals surface area contributed by atoms with Gasteiger partial charge in [-0.15, -0.1) is 12.4 Å². The standard InChI is InChI=1S/C20H26N4O2.ClH/c1-15-5-3-4-6-17(15)26-18-13-16(2)22-19(23-18)24-10-7-20(8-11-24)14-21-9-12-25-20;/h3-6,13,21H,7-12,14H2,1-2H3;1H. The van der Waals surface area contributed by atoms with E-state index in [1.54, 1.807) is 0 Å². The van der Waals surface area contributed by atoms with Gasteiger partial charge in [0.25, 0.3) is 0 Å². The first-order chi connectivity index (χ1) is 12.6. The minimum absolute atomic E-state index is 0. The van der Waals surface area contributed by atoms with Crippen molar-refractivity contribution in [3.05, 3.63) is 41.6 Å². The van der Waals surface area contributed by atoms with Crippen LogP contribution in [0.1, 0.15) is 24.1 Å². The molecule has 2 aliphatic rings. The lowest BCUT2D eigenvalue weighted by molar-refractivity contribution is -0.0801. The summed E-state index contributed by atoms with van der Waals surface area (Å²) < 4.78 is 12.1. The van der Waals surface area contributed by atoms with Crippen LogP contribution in [0, 0.1) is 13.8 Å². The van der Waals surface area contributed by atoms with Gasteiger partial charge in [0.15, 0.2) is 0 Å². The molecule has 0 amide bonds. The van der Waals surface area contributed by atoms with Crippen molar-refractivity contribution < 1.29 is 9.47 Å². The van der Waals surface area contributed by atoms with Gasteiger partial charge >= 0.3 is 0 Å². The number of para-hydroxylation sites is 1. The van der Waals surface area contributed by atoms with Crippen LogP contribution in [0.5, 0.6) is 11.6 Å². The van der Waals surface area contributed by atoms with Crippen LogP contribution in [0.4, 0.5) is 5.95 Å². The van der Waals surface area contributed by atoms with Gasteiger partial charge in [-0.3, -0.25) is 0 Å². The molecule has 1 aromatic heterocycles.